The van der Waals surface area contributed by atoms with Gasteiger partial charge in [0.05, 0.1) is 17.9 Å². The summed E-state index contributed by atoms with van der Waals surface area (Å²) >= 11 is 0. The molecule has 3 aromatic rings. The minimum atomic E-state index is -0.248. The Labute approximate surface area is 187 Å². The molecule has 1 fully saturated rings. The third kappa shape index (κ3) is 5.42. The maximum atomic E-state index is 12.7. The van der Waals surface area contributed by atoms with Crippen molar-refractivity contribution in [2.45, 2.75) is 39.2 Å². The Bertz CT molecular complexity index is 1110. The SMILES string of the molecule is CC(C)C(=O)c1ncc(-c2cccc(C3CC3)c2)cc1NC(=O)CNCc1ccncn1. The maximum Gasteiger partial charge on any atom is 0.238 e. The van der Waals surface area contributed by atoms with Crippen LogP contribution in [0.25, 0.3) is 11.1 Å². The molecule has 0 bridgehead atoms. The van der Waals surface area contributed by atoms with Crippen LogP contribution in [0.5, 0.6) is 0 Å². The fourth-order valence-electron chi connectivity index (χ4n) is 3.50. The number of benzene rings is 1. The zero-order valence-electron chi connectivity index (χ0n) is 18.3. The van der Waals surface area contributed by atoms with Crippen molar-refractivity contribution in [1.29, 1.82) is 0 Å². The van der Waals surface area contributed by atoms with Gasteiger partial charge in [0.2, 0.25) is 5.91 Å². The van der Waals surface area contributed by atoms with E-state index in [-0.39, 0.29) is 29.8 Å². The summed E-state index contributed by atoms with van der Waals surface area (Å²) < 4.78 is 0. The third-order valence-corrected chi connectivity index (χ3v) is 5.42. The lowest BCUT2D eigenvalue weighted by Crippen LogP contribution is -2.29. The summed E-state index contributed by atoms with van der Waals surface area (Å²) in [4.78, 5) is 37.8. The van der Waals surface area contributed by atoms with Crippen molar-refractivity contribution >= 4 is 17.4 Å². The molecule has 0 saturated heterocycles. The Hall–Kier alpha value is -3.45. The van der Waals surface area contributed by atoms with Crippen molar-refractivity contribution in [3.05, 3.63) is 72.1 Å². The van der Waals surface area contributed by atoms with Gasteiger partial charge in [-0.2, -0.15) is 0 Å². The van der Waals surface area contributed by atoms with Crippen LogP contribution in [-0.2, 0) is 11.3 Å². The summed E-state index contributed by atoms with van der Waals surface area (Å²) in [5, 5.41) is 5.93. The van der Waals surface area contributed by atoms with Gasteiger partial charge in [-0.1, -0.05) is 38.1 Å². The van der Waals surface area contributed by atoms with Crippen molar-refractivity contribution in [3.8, 4) is 11.1 Å². The van der Waals surface area contributed by atoms with Crippen molar-refractivity contribution in [2.24, 2.45) is 5.92 Å². The van der Waals surface area contributed by atoms with Crippen LogP contribution in [0.1, 0.15) is 54.4 Å². The second kappa shape index (κ2) is 9.78. The number of hydrogen-bond donors (Lipinski definition) is 2. The van der Waals surface area contributed by atoms with E-state index in [0.29, 0.717) is 18.2 Å². The molecule has 1 aromatic carbocycles. The number of rotatable bonds is 9. The second-order valence-corrected chi connectivity index (χ2v) is 8.39. The van der Waals surface area contributed by atoms with Crippen LogP contribution in [0.2, 0.25) is 0 Å². The number of nitrogens with one attached hydrogen (secondary N) is 2. The molecule has 0 unspecified atom stereocenters. The number of anilines is 1. The molecule has 1 saturated carbocycles. The van der Waals surface area contributed by atoms with Crippen LogP contribution in [0, 0.1) is 5.92 Å². The highest BCUT2D eigenvalue weighted by Gasteiger charge is 2.24. The summed E-state index contributed by atoms with van der Waals surface area (Å²) in [6.07, 6.45) is 7.30. The van der Waals surface area contributed by atoms with Crippen molar-refractivity contribution < 1.29 is 9.59 Å². The molecule has 0 spiro atoms. The summed E-state index contributed by atoms with van der Waals surface area (Å²) in [6, 6.07) is 12.0. The molecule has 32 heavy (non-hydrogen) atoms. The van der Waals surface area contributed by atoms with Crippen LogP contribution in [0.4, 0.5) is 5.69 Å². The molecule has 1 aliphatic rings. The Morgan fingerprint density at radius 3 is 2.66 bits per heavy atom. The number of nitrogens with zero attached hydrogens (tertiary/aromatic N) is 3. The summed E-state index contributed by atoms with van der Waals surface area (Å²) in [7, 11) is 0. The smallest absolute Gasteiger partial charge is 0.238 e. The molecular formula is C25H27N5O2. The Morgan fingerprint density at radius 1 is 1.09 bits per heavy atom. The minimum absolute atomic E-state index is 0.0840. The first-order chi connectivity index (χ1) is 15.5. The van der Waals surface area contributed by atoms with Gasteiger partial charge in [0.1, 0.15) is 12.0 Å². The van der Waals surface area contributed by atoms with E-state index < -0.39 is 0 Å². The van der Waals surface area contributed by atoms with Crippen molar-refractivity contribution in [1.82, 2.24) is 20.3 Å². The average Bonchev–Trinajstić information content (AvgIpc) is 3.65. The highest BCUT2D eigenvalue weighted by atomic mass is 16.2. The first-order valence-electron chi connectivity index (χ1n) is 10.9. The number of Topliss-reactive ketones (excluding diaryl/α,β-unsaturated/α-hetero) is 1. The lowest BCUT2D eigenvalue weighted by Gasteiger charge is -2.14. The number of carbonyl (C=O) groups excluding carboxylic acids is 2. The van der Waals surface area contributed by atoms with Gasteiger partial charge in [-0.05, 0) is 42.0 Å². The number of ketones is 1. The topological polar surface area (TPSA) is 96.9 Å². The predicted molar refractivity (Wildman–Crippen MR) is 123 cm³/mol. The van der Waals surface area contributed by atoms with Gasteiger partial charge >= 0.3 is 0 Å². The van der Waals surface area contributed by atoms with Gasteiger partial charge in [0.15, 0.2) is 5.78 Å². The van der Waals surface area contributed by atoms with Crippen LogP contribution in [0.15, 0.2) is 55.1 Å². The van der Waals surface area contributed by atoms with Crippen molar-refractivity contribution in [2.75, 3.05) is 11.9 Å². The Kier molecular flexibility index (Phi) is 6.66. The highest BCUT2D eigenvalue weighted by molar-refractivity contribution is 6.05. The summed E-state index contributed by atoms with van der Waals surface area (Å²) in [6.45, 7) is 4.18. The van der Waals surface area contributed by atoms with E-state index in [1.165, 1.54) is 24.7 Å². The van der Waals surface area contributed by atoms with Gasteiger partial charge in [0, 0.05) is 30.4 Å². The van der Waals surface area contributed by atoms with E-state index in [1.54, 1.807) is 18.5 Å². The largest absolute Gasteiger partial charge is 0.323 e. The predicted octanol–water partition coefficient (Wildman–Crippen LogP) is 3.98. The number of hydrogen-bond acceptors (Lipinski definition) is 6. The Balaban J connectivity index is 1.52. The Morgan fingerprint density at radius 2 is 1.94 bits per heavy atom. The van der Waals surface area contributed by atoms with Crippen LogP contribution in [0.3, 0.4) is 0 Å². The van der Waals surface area contributed by atoms with Gasteiger partial charge in [-0.15, -0.1) is 0 Å². The van der Waals surface area contributed by atoms with E-state index in [9.17, 15) is 9.59 Å². The molecule has 164 valence electrons. The summed E-state index contributed by atoms with van der Waals surface area (Å²) in [5.74, 6) is 0.0676. The van der Waals surface area contributed by atoms with Crippen molar-refractivity contribution in [3.63, 3.8) is 0 Å². The molecule has 7 nitrogen and oxygen atoms in total. The molecule has 4 rings (SSSR count). The number of aromatic nitrogens is 3. The highest BCUT2D eigenvalue weighted by Crippen LogP contribution is 2.41. The molecule has 1 amide bonds. The van der Waals surface area contributed by atoms with E-state index in [4.69, 9.17) is 0 Å². The molecule has 0 aliphatic heterocycles. The first-order valence-corrected chi connectivity index (χ1v) is 10.9. The summed E-state index contributed by atoms with van der Waals surface area (Å²) in [5.41, 5.74) is 4.74. The zero-order valence-corrected chi connectivity index (χ0v) is 18.3. The quantitative estimate of drug-likeness (QED) is 0.500. The van der Waals surface area contributed by atoms with Crippen LogP contribution in [-0.4, -0.2) is 33.2 Å². The monoisotopic (exact) mass is 429 g/mol. The molecule has 2 aromatic heterocycles. The fraction of sp³-hybridized carbons (Fsp3) is 0.320. The molecule has 2 heterocycles. The second-order valence-electron chi connectivity index (χ2n) is 8.39. The number of carbonyl (C=O) groups is 2. The molecule has 0 atom stereocenters. The first kappa shape index (κ1) is 21.8. The lowest BCUT2D eigenvalue weighted by molar-refractivity contribution is -0.115. The van der Waals surface area contributed by atoms with E-state index in [0.717, 1.165) is 16.8 Å². The van der Waals surface area contributed by atoms with Crippen LogP contribution < -0.4 is 10.6 Å². The molecule has 0 radical (unpaired) electrons. The minimum Gasteiger partial charge on any atom is -0.323 e. The zero-order chi connectivity index (χ0) is 22.5. The molecule has 2 N–H and O–H groups in total. The van der Waals surface area contributed by atoms with Gasteiger partial charge in [0.25, 0.3) is 0 Å². The average molecular weight is 430 g/mol. The van der Waals surface area contributed by atoms with E-state index in [1.807, 2.05) is 32.0 Å². The van der Waals surface area contributed by atoms with E-state index >= 15 is 0 Å². The lowest BCUT2D eigenvalue weighted by atomic mass is 9.99. The standard InChI is InChI=1S/C25H27N5O2/c1-16(2)25(32)24-22(30-23(31)14-27-13-21-8-9-26-15-29-21)11-20(12-28-24)19-5-3-4-18(10-19)17-6-7-17/h3-5,8-12,15-17,27H,6-7,13-14H2,1-2H3,(H,30,31). The van der Waals surface area contributed by atoms with Crippen LogP contribution >= 0.6 is 0 Å². The molecule has 1 aliphatic carbocycles. The van der Waals surface area contributed by atoms with Gasteiger partial charge < -0.3 is 10.6 Å². The maximum absolute atomic E-state index is 12.7. The number of pyridine rings is 1. The van der Waals surface area contributed by atoms with Gasteiger partial charge in [-0.25, -0.2) is 9.97 Å². The molecule has 7 heteroatoms. The third-order valence-electron chi connectivity index (χ3n) is 5.42. The normalized spacial score (nSPS) is 13.2. The van der Waals surface area contributed by atoms with E-state index in [2.05, 4.69) is 37.7 Å². The molecular weight excluding hydrogens is 402 g/mol. The number of amides is 1. The fourth-order valence-corrected chi connectivity index (χ4v) is 3.50. The van der Waals surface area contributed by atoms with Gasteiger partial charge in [-0.3, -0.25) is 14.6 Å².